The molecule has 3 atom stereocenters. The molecule has 0 radical (unpaired) electrons. The Hall–Kier alpha value is -2.18. The van der Waals surface area contributed by atoms with Crippen molar-refractivity contribution in [1.29, 1.82) is 0 Å². The van der Waals surface area contributed by atoms with Gasteiger partial charge in [0.2, 0.25) is 5.91 Å². The predicted molar refractivity (Wildman–Crippen MR) is 113 cm³/mol. The van der Waals surface area contributed by atoms with Crippen molar-refractivity contribution in [3.8, 4) is 11.4 Å². The van der Waals surface area contributed by atoms with Gasteiger partial charge in [-0.25, -0.2) is 4.98 Å². The zero-order valence-corrected chi connectivity index (χ0v) is 16.8. The highest BCUT2D eigenvalue weighted by Crippen LogP contribution is 2.33. The number of aromatic nitrogens is 2. The standard InChI is InChI=1S/C21H26N4O2.ClH/c1-2-15-12-19(26)25-20(22-15)14-7-5-8-16(10-14)23-21(27)18-11-13-6-3-4-9-17(13)24-18;/h5,7-8,10,12-13,17-18,24H,2-4,6,9,11H2,1H3,(H,23,27)(H,22,25,26);1H. The molecule has 150 valence electrons. The molecule has 1 saturated heterocycles. The van der Waals surface area contributed by atoms with Crippen LogP contribution in [0, 0.1) is 5.92 Å². The quantitative estimate of drug-likeness (QED) is 0.732. The Kier molecular flexibility index (Phi) is 6.52. The zero-order chi connectivity index (χ0) is 18.8. The maximum atomic E-state index is 12.7. The van der Waals surface area contributed by atoms with E-state index in [0.717, 1.165) is 23.4 Å². The average molecular weight is 403 g/mol. The highest BCUT2D eigenvalue weighted by Gasteiger charge is 2.38. The fraction of sp³-hybridized carbons (Fsp3) is 0.476. The van der Waals surface area contributed by atoms with Gasteiger partial charge in [-0.15, -0.1) is 12.4 Å². The summed E-state index contributed by atoms with van der Waals surface area (Å²) in [6.07, 6.45) is 6.56. The third-order valence-corrected chi connectivity index (χ3v) is 5.74. The number of benzene rings is 1. The third-order valence-electron chi connectivity index (χ3n) is 5.74. The number of anilines is 1. The molecular formula is C21H27ClN4O2. The molecule has 6 nitrogen and oxygen atoms in total. The number of carbonyl (C=O) groups excluding carboxylic acids is 1. The number of hydrogen-bond donors (Lipinski definition) is 3. The van der Waals surface area contributed by atoms with Crippen LogP contribution in [0.1, 0.15) is 44.7 Å². The second-order valence-electron chi connectivity index (χ2n) is 7.61. The topological polar surface area (TPSA) is 86.9 Å². The summed E-state index contributed by atoms with van der Waals surface area (Å²) in [5.41, 5.74) is 2.09. The summed E-state index contributed by atoms with van der Waals surface area (Å²) in [4.78, 5) is 31.8. The second kappa shape index (κ2) is 8.88. The number of aryl methyl sites for hydroxylation is 1. The van der Waals surface area contributed by atoms with Gasteiger partial charge in [-0.05, 0) is 43.7 Å². The van der Waals surface area contributed by atoms with E-state index in [4.69, 9.17) is 0 Å². The van der Waals surface area contributed by atoms with Crippen molar-refractivity contribution in [1.82, 2.24) is 15.3 Å². The van der Waals surface area contributed by atoms with E-state index in [1.165, 1.54) is 31.7 Å². The molecule has 2 aromatic rings. The summed E-state index contributed by atoms with van der Waals surface area (Å²) in [7, 11) is 0. The number of hydrogen-bond acceptors (Lipinski definition) is 4. The Morgan fingerprint density at radius 1 is 1.25 bits per heavy atom. The molecule has 3 unspecified atom stereocenters. The molecule has 1 aromatic carbocycles. The van der Waals surface area contributed by atoms with E-state index in [2.05, 4.69) is 20.6 Å². The first-order valence-corrected chi connectivity index (χ1v) is 9.90. The number of aromatic amines is 1. The summed E-state index contributed by atoms with van der Waals surface area (Å²) in [6, 6.07) is 9.36. The van der Waals surface area contributed by atoms with Crippen molar-refractivity contribution < 1.29 is 4.79 Å². The second-order valence-corrected chi connectivity index (χ2v) is 7.61. The maximum Gasteiger partial charge on any atom is 0.251 e. The van der Waals surface area contributed by atoms with E-state index in [-0.39, 0.29) is 29.9 Å². The van der Waals surface area contributed by atoms with Gasteiger partial charge in [0.05, 0.1) is 6.04 Å². The van der Waals surface area contributed by atoms with Gasteiger partial charge in [0.25, 0.3) is 5.56 Å². The molecule has 7 heteroatoms. The highest BCUT2D eigenvalue weighted by atomic mass is 35.5. The lowest BCUT2D eigenvalue weighted by Gasteiger charge is -2.24. The summed E-state index contributed by atoms with van der Waals surface area (Å²) >= 11 is 0. The van der Waals surface area contributed by atoms with Crippen LogP contribution in [0.15, 0.2) is 35.1 Å². The van der Waals surface area contributed by atoms with Crippen molar-refractivity contribution in [3.05, 3.63) is 46.4 Å². The van der Waals surface area contributed by atoms with Crippen molar-refractivity contribution in [2.45, 2.75) is 57.5 Å². The van der Waals surface area contributed by atoms with E-state index in [0.29, 0.717) is 24.2 Å². The number of nitrogens with one attached hydrogen (secondary N) is 3. The molecule has 2 heterocycles. The van der Waals surface area contributed by atoms with E-state index >= 15 is 0 Å². The molecule has 0 spiro atoms. The van der Waals surface area contributed by atoms with Gasteiger partial charge in [-0.1, -0.05) is 31.9 Å². The van der Waals surface area contributed by atoms with Crippen LogP contribution >= 0.6 is 12.4 Å². The van der Waals surface area contributed by atoms with Gasteiger partial charge in [-0.2, -0.15) is 0 Å². The summed E-state index contributed by atoms with van der Waals surface area (Å²) in [6.45, 7) is 1.97. The summed E-state index contributed by atoms with van der Waals surface area (Å²) in [5.74, 6) is 1.18. The number of amides is 1. The largest absolute Gasteiger partial charge is 0.325 e. The van der Waals surface area contributed by atoms with Crippen molar-refractivity contribution >= 4 is 24.0 Å². The summed E-state index contributed by atoms with van der Waals surface area (Å²) < 4.78 is 0. The molecule has 1 amide bonds. The lowest BCUT2D eigenvalue weighted by molar-refractivity contribution is -0.117. The number of halogens is 1. The highest BCUT2D eigenvalue weighted by molar-refractivity contribution is 5.95. The van der Waals surface area contributed by atoms with Crippen LogP contribution in [-0.4, -0.2) is 28.0 Å². The Morgan fingerprint density at radius 3 is 2.86 bits per heavy atom. The van der Waals surface area contributed by atoms with Gasteiger partial charge in [0.15, 0.2) is 0 Å². The molecule has 1 saturated carbocycles. The lowest BCUT2D eigenvalue weighted by Crippen LogP contribution is -2.39. The Labute approximate surface area is 171 Å². The van der Waals surface area contributed by atoms with Gasteiger partial charge in [0, 0.05) is 29.1 Å². The number of H-pyrrole nitrogens is 1. The van der Waals surface area contributed by atoms with Crippen LogP contribution in [0.4, 0.5) is 5.69 Å². The van der Waals surface area contributed by atoms with Gasteiger partial charge in [-0.3, -0.25) is 9.59 Å². The monoisotopic (exact) mass is 402 g/mol. The molecule has 1 aliphatic heterocycles. The van der Waals surface area contributed by atoms with Crippen LogP contribution in [0.2, 0.25) is 0 Å². The minimum absolute atomic E-state index is 0. The Balaban J connectivity index is 0.00000225. The SMILES string of the molecule is CCc1cc(=O)[nH]c(-c2cccc(NC(=O)C3CC4CCCCC4N3)c2)n1.Cl. The molecule has 1 aromatic heterocycles. The Morgan fingerprint density at radius 2 is 2.07 bits per heavy atom. The fourth-order valence-electron chi connectivity index (χ4n) is 4.32. The number of nitrogens with zero attached hydrogens (tertiary/aromatic N) is 1. The minimum atomic E-state index is -0.163. The van der Waals surface area contributed by atoms with Crippen LogP contribution < -0.4 is 16.2 Å². The first kappa shape index (κ1) is 20.6. The van der Waals surface area contributed by atoms with Crippen molar-refractivity contribution in [2.75, 3.05) is 5.32 Å². The van der Waals surface area contributed by atoms with E-state index in [1.807, 2.05) is 31.2 Å². The molecular weight excluding hydrogens is 376 g/mol. The van der Waals surface area contributed by atoms with Crippen LogP contribution in [-0.2, 0) is 11.2 Å². The fourth-order valence-corrected chi connectivity index (χ4v) is 4.32. The van der Waals surface area contributed by atoms with Crippen LogP contribution in [0.25, 0.3) is 11.4 Å². The van der Waals surface area contributed by atoms with E-state index < -0.39 is 0 Å². The van der Waals surface area contributed by atoms with Crippen molar-refractivity contribution in [3.63, 3.8) is 0 Å². The maximum absolute atomic E-state index is 12.7. The zero-order valence-electron chi connectivity index (χ0n) is 16.0. The molecule has 4 rings (SSSR count). The molecule has 2 aliphatic rings. The molecule has 28 heavy (non-hydrogen) atoms. The lowest BCUT2D eigenvalue weighted by atomic mass is 9.85. The molecule has 3 N–H and O–H groups in total. The predicted octanol–water partition coefficient (Wildman–Crippen LogP) is 3.28. The average Bonchev–Trinajstić information content (AvgIpc) is 3.12. The van der Waals surface area contributed by atoms with E-state index in [9.17, 15) is 9.59 Å². The number of carbonyl (C=O) groups is 1. The first-order valence-electron chi connectivity index (χ1n) is 9.90. The van der Waals surface area contributed by atoms with Crippen LogP contribution in [0.3, 0.4) is 0 Å². The van der Waals surface area contributed by atoms with Gasteiger partial charge >= 0.3 is 0 Å². The molecule has 2 fully saturated rings. The molecule has 0 bridgehead atoms. The summed E-state index contributed by atoms with van der Waals surface area (Å²) in [5, 5.41) is 6.54. The van der Waals surface area contributed by atoms with Crippen LogP contribution in [0.5, 0.6) is 0 Å². The smallest absolute Gasteiger partial charge is 0.251 e. The van der Waals surface area contributed by atoms with E-state index in [1.54, 1.807) is 0 Å². The molecule has 1 aliphatic carbocycles. The first-order chi connectivity index (χ1) is 13.1. The minimum Gasteiger partial charge on any atom is -0.325 e. The van der Waals surface area contributed by atoms with Crippen molar-refractivity contribution in [2.24, 2.45) is 5.92 Å². The number of fused-ring (bicyclic) bond motifs is 1. The Bertz CT molecular complexity index is 884. The van der Waals surface area contributed by atoms with Gasteiger partial charge < -0.3 is 15.6 Å². The third kappa shape index (κ3) is 4.45. The van der Waals surface area contributed by atoms with Gasteiger partial charge in [0.1, 0.15) is 5.82 Å². The number of rotatable bonds is 4. The normalized spacial score (nSPS) is 23.5.